The molecule has 0 saturated heterocycles. The van der Waals surface area contributed by atoms with Gasteiger partial charge in [-0.05, 0) is 18.9 Å². The van der Waals surface area contributed by atoms with Crippen LogP contribution in [0.1, 0.15) is 12.8 Å². The summed E-state index contributed by atoms with van der Waals surface area (Å²) in [6.45, 7) is 0. The molecule has 0 radical (unpaired) electrons. The molecule has 1 aliphatic rings. The Kier molecular flexibility index (Phi) is 2.31. The molecular formula is C8H11BN2O3. The van der Waals surface area contributed by atoms with Gasteiger partial charge in [0.05, 0.1) is 5.69 Å². The van der Waals surface area contributed by atoms with Crippen molar-refractivity contribution < 1.29 is 14.8 Å². The van der Waals surface area contributed by atoms with Gasteiger partial charge in [0, 0.05) is 11.7 Å². The molecule has 0 unspecified atom stereocenters. The SMILES string of the molecule is Nc1cc(B(O)O)cnc1OC1CC1. The van der Waals surface area contributed by atoms with Crippen LogP contribution in [0.2, 0.25) is 0 Å². The van der Waals surface area contributed by atoms with Crippen molar-refractivity contribution >= 4 is 18.3 Å². The van der Waals surface area contributed by atoms with E-state index in [2.05, 4.69) is 4.98 Å². The average molecular weight is 194 g/mol. The second-order valence-electron chi connectivity index (χ2n) is 3.35. The van der Waals surface area contributed by atoms with Crippen molar-refractivity contribution in [2.24, 2.45) is 0 Å². The zero-order valence-electron chi connectivity index (χ0n) is 7.55. The lowest BCUT2D eigenvalue weighted by Gasteiger charge is -2.07. The first-order valence-electron chi connectivity index (χ1n) is 4.45. The van der Waals surface area contributed by atoms with E-state index in [1.807, 2.05) is 0 Å². The molecule has 1 aromatic rings. The topological polar surface area (TPSA) is 88.6 Å². The molecule has 0 atom stereocenters. The second-order valence-corrected chi connectivity index (χ2v) is 3.35. The lowest BCUT2D eigenvalue weighted by atomic mass is 9.81. The molecule has 2 rings (SSSR count). The third-order valence-corrected chi connectivity index (χ3v) is 2.00. The quantitative estimate of drug-likeness (QED) is 0.530. The van der Waals surface area contributed by atoms with Gasteiger partial charge in [-0.2, -0.15) is 0 Å². The third-order valence-electron chi connectivity index (χ3n) is 2.00. The van der Waals surface area contributed by atoms with Crippen LogP contribution in [0, 0.1) is 0 Å². The Morgan fingerprint density at radius 2 is 2.21 bits per heavy atom. The van der Waals surface area contributed by atoms with Gasteiger partial charge in [0.15, 0.2) is 0 Å². The Balaban J connectivity index is 2.17. The number of aromatic nitrogens is 1. The molecule has 1 fully saturated rings. The monoisotopic (exact) mass is 194 g/mol. The van der Waals surface area contributed by atoms with E-state index in [4.69, 9.17) is 20.5 Å². The predicted octanol–water partition coefficient (Wildman–Crippen LogP) is -1.12. The molecule has 0 aromatic carbocycles. The van der Waals surface area contributed by atoms with E-state index in [1.165, 1.54) is 12.3 Å². The van der Waals surface area contributed by atoms with E-state index in [0.29, 0.717) is 11.6 Å². The number of anilines is 1. The summed E-state index contributed by atoms with van der Waals surface area (Å²) < 4.78 is 5.39. The first-order valence-corrected chi connectivity index (χ1v) is 4.45. The summed E-state index contributed by atoms with van der Waals surface area (Å²) in [6.07, 6.45) is 3.64. The molecule has 74 valence electrons. The van der Waals surface area contributed by atoms with E-state index >= 15 is 0 Å². The zero-order valence-corrected chi connectivity index (χ0v) is 7.55. The van der Waals surface area contributed by atoms with E-state index in [-0.39, 0.29) is 11.6 Å². The van der Waals surface area contributed by atoms with Gasteiger partial charge in [0.1, 0.15) is 6.10 Å². The third kappa shape index (κ3) is 1.97. The second kappa shape index (κ2) is 3.47. The zero-order chi connectivity index (χ0) is 10.1. The van der Waals surface area contributed by atoms with Crippen LogP contribution in [0.3, 0.4) is 0 Å². The van der Waals surface area contributed by atoms with E-state index in [0.717, 1.165) is 12.8 Å². The minimum atomic E-state index is -1.54. The predicted molar refractivity (Wildman–Crippen MR) is 52.1 cm³/mol. The van der Waals surface area contributed by atoms with Crippen LogP contribution in [0.5, 0.6) is 5.88 Å². The van der Waals surface area contributed by atoms with Gasteiger partial charge in [-0.15, -0.1) is 0 Å². The van der Waals surface area contributed by atoms with Gasteiger partial charge < -0.3 is 20.5 Å². The molecule has 0 amide bonds. The van der Waals surface area contributed by atoms with Crippen LogP contribution >= 0.6 is 0 Å². The van der Waals surface area contributed by atoms with Crippen LogP contribution in [0.4, 0.5) is 5.69 Å². The number of rotatable bonds is 3. The number of hydrogen-bond donors (Lipinski definition) is 3. The van der Waals surface area contributed by atoms with Gasteiger partial charge in [0.2, 0.25) is 5.88 Å². The van der Waals surface area contributed by atoms with Gasteiger partial charge in [-0.1, -0.05) is 0 Å². The van der Waals surface area contributed by atoms with Crippen LogP contribution in [-0.4, -0.2) is 28.3 Å². The number of nitrogens with zero attached hydrogens (tertiary/aromatic N) is 1. The van der Waals surface area contributed by atoms with Gasteiger partial charge in [-0.25, -0.2) is 4.98 Å². The van der Waals surface area contributed by atoms with E-state index < -0.39 is 7.12 Å². The number of nitrogen functional groups attached to an aromatic ring is 1. The highest BCUT2D eigenvalue weighted by atomic mass is 16.5. The molecule has 14 heavy (non-hydrogen) atoms. The summed E-state index contributed by atoms with van der Waals surface area (Å²) in [5, 5.41) is 17.7. The van der Waals surface area contributed by atoms with Crippen LogP contribution in [0.25, 0.3) is 0 Å². The molecule has 4 N–H and O–H groups in total. The normalized spacial score (nSPS) is 15.3. The van der Waals surface area contributed by atoms with Gasteiger partial charge in [-0.3, -0.25) is 0 Å². The number of pyridine rings is 1. The van der Waals surface area contributed by atoms with Crippen molar-refractivity contribution in [2.45, 2.75) is 18.9 Å². The van der Waals surface area contributed by atoms with Crippen molar-refractivity contribution in [3.8, 4) is 5.88 Å². The maximum Gasteiger partial charge on any atom is 0.490 e. The fourth-order valence-electron chi connectivity index (χ4n) is 1.07. The van der Waals surface area contributed by atoms with Gasteiger partial charge >= 0.3 is 7.12 Å². The van der Waals surface area contributed by atoms with Crippen molar-refractivity contribution in [1.29, 1.82) is 0 Å². The molecule has 6 heteroatoms. The first-order chi connectivity index (χ1) is 6.66. The lowest BCUT2D eigenvalue weighted by Crippen LogP contribution is -2.30. The highest BCUT2D eigenvalue weighted by Gasteiger charge is 2.25. The summed E-state index contributed by atoms with van der Waals surface area (Å²) in [6, 6.07) is 1.45. The first kappa shape index (κ1) is 9.30. The summed E-state index contributed by atoms with van der Waals surface area (Å²) in [4.78, 5) is 3.91. The minimum Gasteiger partial charge on any atom is -0.473 e. The smallest absolute Gasteiger partial charge is 0.473 e. The van der Waals surface area contributed by atoms with Crippen LogP contribution in [0.15, 0.2) is 12.3 Å². The molecule has 5 nitrogen and oxygen atoms in total. The van der Waals surface area contributed by atoms with Crippen molar-refractivity contribution in [2.75, 3.05) is 5.73 Å². The fraction of sp³-hybridized carbons (Fsp3) is 0.375. The molecule has 0 aliphatic heterocycles. The Bertz CT molecular complexity index is 341. The standard InChI is InChI=1S/C8H11BN2O3/c10-7-3-5(9(12)13)4-11-8(7)14-6-1-2-6/h3-4,6,12-13H,1-2,10H2. The van der Waals surface area contributed by atoms with Crippen LogP contribution < -0.4 is 15.9 Å². The highest BCUT2D eigenvalue weighted by molar-refractivity contribution is 6.58. The summed E-state index contributed by atoms with van der Waals surface area (Å²) in [5.74, 6) is 0.372. The molecule has 1 aliphatic carbocycles. The number of nitrogens with two attached hydrogens (primary N) is 1. The lowest BCUT2D eigenvalue weighted by molar-refractivity contribution is 0.293. The Morgan fingerprint density at radius 1 is 1.50 bits per heavy atom. The Morgan fingerprint density at radius 3 is 2.71 bits per heavy atom. The minimum absolute atomic E-state index is 0.231. The highest BCUT2D eigenvalue weighted by Crippen LogP contribution is 2.27. The largest absolute Gasteiger partial charge is 0.490 e. The summed E-state index contributed by atoms with van der Waals surface area (Å²) >= 11 is 0. The molecule has 1 saturated carbocycles. The molecule has 0 bridgehead atoms. The maximum atomic E-state index is 8.85. The maximum absolute atomic E-state index is 8.85. The number of ether oxygens (including phenoxy) is 1. The Labute approximate surface area is 81.7 Å². The van der Waals surface area contributed by atoms with E-state index in [9.17, 15) is 0 Å². The van der Waals surface area contributed by atoms with Gasteiger partial charge in [0.25, 0.3) is 0 Å². The van der Waals surface area contributed by atoms with Crippen molar-refractivity contribution in [1.82, 2.24) is 4.98 Å². The molecule has 0 spiro atoms. The molecular weight excluding hydrogens is 183 g/mol. The molecule has 1 heterocycles. The number of hydrogen-bond acceptors (Lipinski definition) is 5. The van der Waals surface area contributed by atoms with Crippen LogP contribution in [-0.2, 0) is 0 Å². The summed E-state index contributed by atoms with van der Waals surface area (Å²) in [5.41, 5.74) is 6.23. The fourth-order valence-corrected chi connectivity index (χ4v) is 1.07. The van der Waals surface area contributed by atoms with Crippen molar-refractivity contribution in [3.05, 3.63) is 12.3 Å². The average Bonchev–Trinajstić information content (AvgIpc) is 2.92. The van der Waals surface area contributed by atoms with E-state index in [1.54, 1.807) is 0 Å². The van der Waals surface area contributed by atoms with Crippen molar-refractivity contribution in [3.63, 3.8) is 0 Å². The summed E-state index contributed by atoms with van der Waals surface area (Å²) in [7, 11) is -1.54. The Hall–Kier alpha value is -1.27. The molecule has 1 aromatic heterocycles.